The highest BCUT2D eigenvalue weighted by Crippen LogP contribution is 2.15. The number of benzene rings is 2. The molecule has 7 heteroatoms. The van der Waals surface area contributed by atoms with Gasteiger partial charge in [0, 0.05) is 22.7 Å². The Bertz CT molecular complexity index is 755. The second-order valence-electron chi connectivity index (χ2n) is 4.14. The second kappa shape index (κ2) is 6.47. The predicted molar refractivity (Wildman–Crippen MR) is 85.7 cm³/mol. The minimum absolute atomic E-state index is 0.113. The Balaban J connectivity index is 2.29. The van der Waals surface area contributed by atoms with Crippen molar-refractivity contribution < 1.29 is 8.42 Å². The molecule has 0 amide bonds. The van der Waals surface area contributed by atoms with E-state index >= 15 is 0 Å². The molecule has 0 aliphatic carbocycles. The van der Waals surface area contributed by atoms with Crippen molar-refractivity contribution in [3.63, 3.8) is 0 Å². The van der Waals surface area contributed by atoms with Crippen LogP contribution in [0.25, 0.3) is 0 Å². The summed E-state index contributed by atoms with van der Waals surface area (Å²) in [5.41, 5.74) is 0.624. The fourth-order valence-electron chi connectivity index (χ4n) is 1.64. The molecule has 21 heavy (non-hydrogen) atoms. The number of rotatable bonds is 3. The van der Waals surface area contributed by atoms with E-state index < -0.39 is 10.0 Å². The van der Waals surface area contributed by atoms with Crippen molar-refractivity contribution in [1.29, 1.82) is 0 Å². The number of aliphatic imine (C=N–C) groups is 1. The van der Waals surface area contributed by atoms with E-state index in [9.17, 15) is 8.42 Å². The Hall–Kier alpha value is -1.56. The monoisotopic (exact) mass is 342 g/mol. The highest BCUT2D eigenvalue weighted by molar-refractivity contribution is 7.90. The molecule has 0 aliphatic heterocycles. The van der Waals surface area contributed by atoms with Crippen molar-refractivity contribution in [2.75, 3.05) is 7.05 Å². The third kappa shape index (κ3) is 3.97. The average molecular weight is 343 g/mol. The molecular weight excluding hydrogens is 331 g/mol. The van der Waals surface area contributed by atoms with Crippen LogP contribution in [0.3, 0.4) is 0 Å². The summed E-state index contributed by atoms with van der Waals surface area (Å²) in [6.45, 7) is 0. The van der Waals surface area contributed by atoms with Gasteiger partial charge in [-0.1, -0.05) is 23.2 Å². The molecule has 2 aromatic carbocycles. The highest BCUT2D eigenvalue weighted by Gasteiger charge is 2.17. The molecule has 1 N–H and O–H groups in total. The number of sulfonamides is 1. The van der Waals surface area contributed by atoms with E-state index in [2.05, 4.69) is 9.71 Å². The first-order valence-electron chi connectivity index (χ1n) is 5.93. The number of amidine groups is 1. The number of nitrogens with one attached hydrogen (secondary N) is 1. The fraction of sp³-hybridized carbons (Fsp3) is 0.0714. The normalized spacial score (nSPS) is 12.2. The first kappa shape index (κ1) is 15.8. The number of nitrogens with zero attached hydrogens (tertiary/aromatic N) is 1. The lowest BCUT2D eigenvalue weighted by atomic mass is 10.2. The zero-order valence-electron chi connectivity index (χ0n) is 11.0. The zero-order chi connectivity index (χ0) is 15.5. The van der Waals surface area contributed by atoms with Gasteiger partial charge in [-0.2, -0.15) is 0 Å². The van der Waals surface area contributed by atoms with Crippen LogP contribution in [-0.4, -0.2) is 21.3 Å². The first-order valence-corrected chi connectivity index (χ1v) is 8.17. The van der Waals surface area contributed by atoms with Crippen LogP contribution in [0.1, 0.15) is 5.56 Å². The molecule has 4 nitrogen and oxygen atoms in total. The summed E-state index contributed by atoms with van der Waals surface area (Å²) >= 11 is 11.6. The maximum absolute atomic E-state index is 12.3. The van der Waals surface area contributed by atoms with Gasteiger partial charge < -0.3 is 0 Å². The van der Waals surface area contributed by atoms with Gasteiger partial charge in [-0.05, 0) is 48.5 Å². The SMILES string of the molecule is CN=C(NS(=O)(=O)c1ccc(Cl)cc1)c1ccc(Cl)cc1. The average Bonchev–Trinajstić information content (AvgIpc) is 2.46. The van der Waals surface area contributed by atoms with Crippen molar-refractivity contribution in [3.05, 3.63) is 64.1 Å². The molecule has 2 rings (SSSR count). The van der Waals surface area contributed by atoms with Crippen LogP contribution >= 0.6 is 23.2 Å². The molecule has 0 aromatic heterocycles. The van der Waals surface area contributed by atoms with Gasteiger partial charge in [0.25, 0.3) is 10.0 Å². The van der Waals surface area contributed by atoms with E-state index in [4.69, 9.17) is 23.2 Å². The van der Waals surface area contributed by atoms with Gasteiger partial charge in [0.2, 0.25) is 0 Å². The molecule has 0 spiro atoms. The third-order valence-corrected chi connectivity index (χ3v) is 4.56. The lowest BCUT2D eigenvalue weighted by molar-refractivity contribution is 0.592. The molecule has 0 bridgehead atoms. The molecule has 0 atom stereocenters. The molecule has 0 saturated carbocycles. The standard InChI is InChI=1S/C14H12Cl2N2O2S/c1-17-14(10-2-4-11(15)5-3-10)18-21(19,20)13-8-6-12(16)7-9-13/h2-9H,1H3,(H,17,18). The van der Waals surface area contributed by atoms with Crippen molar-refractivity contribution >= 4 is 39.1 Å². The summed E-state index contributed by atoms with van der Waals surface area (Å²) in [7, 11) is -2.21. The molecular formula is C14H12Cl2N2O2S. The summed E-state index contributed by atoms with van der Waals surface area (Å²) in [6.07, 6.45) is 0. The molecule has 0 heterocycles. The van der Waals surface area contributed by atoms with E-state index in [0.29, 0.717) is 15.6 Å². The third-order valence-electron chi connectivity index (χ3n) is 2.70. The van der Waals surface area contributed by atoms with Gasteiger partial charge in [0.05, 0.1) is 4.90 Å². The first-order chi connectivity index (χ1) is 9.92. The Morgan fingerprint density at radius 3 is 1.90 bits per heavy atom. The van der Waals surface area contributed by atoms with E-state index in [0.717, 1.165) is 0 Å². The zero-order valence-corrected chi connectivity index (χ0v) is 13.4. The lowest BCUT2D eigenvalue weighted by Gasteiger charge is -2.10. The molecule has 0 unspecified atom stereocenters. The number of hydrogen-bond donors (Lipinski definition) is 1. The molecule has 2 aromatic rings. The van der Waals surface area contributed by atoms with E-state index in [-0.39, 0.29) is 10.7 Å². The van der Waals surface area contributed by atoms with Gasteiger partial charge in [-0.25, -0.2) is 8.42 Å². The summed E-state index contributed by atoms with van der Waals surface area (Å²) in [6, 6.07) is 12.6. The molecule has 0 aliphatic rings. The van der Waals surface area contributed by atoms with Crippen LogP contribution in [0.4, 0.5) is 0 Å². The Labute approximate surface area is 133 Å². The highest BCUT2D eigenvalue weighted by atomic mass is 35.5. The van der Waals surface area contributed by atoms with Crippen LogP contribution in [-0.2, 0) is 10.0 Å². The predicted octanol–water partition coefficient (Wildman–Crippen LogP) is 3.35. The maximum Gasteiger partial charge on any atom is 0.263 e. The Kier molecular flexibility index (Phi) is 4.88. The smallest absolute Gasteiger partial charge is 0.263 e. The van der Waals surface area contributed by atoms with Crippen molar-refractivity contribution in [1.82, 2.24) is 4.72 Å². The van der Waals surface area contributed by atoms with Crippen molar-refractivity contribution in [3.8, 4) is 0 Å². The molecule has 0 radical (unpaired) electrons. The lowest BCUT2D eigenvalue weighted by Crippen LogP contribution is -2.31. The molecule has 0 fully saturated rings. The van der Waals surface area contributed by atoms with E-state index in [1.165, 1.54) is 31.3 Å². The summed E-state index contributed by atoms with van der Waals surface area (Å²) < 4.78 is 27.0. The van der Waals surface area contributed by atoms with Gasteiger partial charge in [0.1, 0.15) is 5.84 Å². The largest absolute Gasteiger partial charge is 0.271 e. The number of hydrogen-bond acceptors (Lipinski definition) is 3. The van der Waals surface area contributed by atoms with Gasteiger partial charge in [-0.3, -0.25) is 9.71 Å². The number of halogens is 2. The van der Waals surface area contributed by atoms with E-state index in [1.54, 1.807) is 24.3 Å². The van der Waals surface area contributed by atoms with Crippen LogP contribution in [0.15, 0.2) is 58.4 Å². The molecule has 110 valence electrons. The van der Waals surface area contributed by atoms with Crippen LogP contribution in [0.2, 0.25) is 10.0 Å². The topological polar surface area (TPSA) is 58.5 Å². The summed E-state index contributed by atoms with van der Waals surface area (Å²) in [5.74, 6) is 0.238. The van der Waals surface area contributed by atoms with Crippen molar-refractivity contribution in [2.24, 2.45) is 4.99 Å². The van der Waals surface area contributed by atoms with Gasteiger partial charge in [0.15, 0.2) is 0 Å². The minimum Gasteiger partial charge on any atom is -0.271 e. The molecule has 0 saturated heterocycles. The van der Waals surface area contributed by atoms with Gasteiger partial charge >= 0.3 is 0 Å². The fourth-order valence-corrected chi connectivity index (χ4v) is 2.97. The van der Waals surface area contributed by atoms with Crippen molar-refractivity contribution in [2.45, 2.75) is 4.90 Å². The van der Waals surface area contributed by atoms with E-state index in [1.807, 2.05) is 0 Å². The Morgan fingerprint density at radius 2 is 1.43 bits per heavy atom. The Morgan fingerprint density at radius 1 is 0.952 bits per heavy atom. The van der Waals surface area contributed by atoms with Crippen LogP contribution < -0.4 is 4.72 Å². The quantitative estimate of drug-likeness (QED) is 0.686. The van der Waals surface area contributed by atoms with Gasteiger partial charge in [-0.15, -0.1) is 0 Å². The van der Waals surface area contributed by atoms with Crippen LogP contribution in [0, 0.1) is 0 Å². The summed E-state index contributed by atoms with van der Waals surface area (Å²) in [4.78, 5) is 4.09. The maximum atomic E-state index is 12.3. The second-order valence-corrected chi connectivity index (χ2v) is 6.69. The summed E-state index contributed by atoms with van der Waals surface area (Å²) in [5, 5.41) is 1.03. The minimum atomic E-state index is -3.72. The van der Waals surface area contributed by atoms with Crippen LogP contribution in [0.5, 0.6) is 0 Å².